The number of carbonyl (C=O) groups excluding carboxylic acids is 1. The predicted molar refractivity (Wildman–Crippen MR) is 133 cm³/mol. The van der Waals surface area contributed by atoms with Crippen molar-refractivity contribution in [3.8, 4) is 23.0 Å². The average Bonchev–Trinajstić information content (AvgIpc) is 2.88. The van der Waals surface area contributed by atoms with E-state index in [2.05, 4.69) is 5.32 Å². The van der Waals surface area contributed by atoms with Crippen LogP contribution in [0.1, 0.15) is 17.5 Å². The molecule has 0 bridgehead atoms. The lowest BCUT2D eigenvalue weighted by atomic mass is 10.1. The van der Waals surface area contributed by atoms with Crippen LogP contribution in [-0.2, 0) is 11.3 Å². The molecule has 0 aliphatic carbocycles. The highest BCUT2D eigenvalue weighted by Crippen LogP contribution is 2.38. The third-order valence-corrected chi connectivity index (χ3v) is 5.20. The Balaban J connectivity index is 1.77. The number of carbonyl (C=O) groups is 1. The molecule has 2 N–H and O–H groups in total. The highest BCUT2D eigenvalue weighted by atomic mass is 19.1. The van der Waals surface area contributed by atoms with E-state index in [9.17, 15) is 18.8 Å². The summed E-state index contributed by atoms with van der Waals surface area (Å²) in [6.45, 7) is -0.124. The number of methoxy groups -OCH3 is 4. The van der Waals surface area contributed by atoms with Gasteiger partial charge >= 0.3 is 5.69 Å². The highest BCUT2D eigenvalue weighted by Gasteiger charge is 2.13. The van der Waals surface area contributed by atoms with Crippen LogP contribution in [0.4, 0.5) is 10.1 Å². The number of benzene rings is 2. The lowest BCUT2D eigenvalue weighted by Crippen LogP contribution is -2.32. The van der Waals surface area contributed by atoms with Crippen LogP contribution in [0.3, 0.4) is 0 Å². The first kappa shape index (κ1) is 26.1. The van der Waals surface area contributed by atoms with Gasteiger partial charge in [0.25, 0.3) is 5.56 Å². The lowest BCUT2D eigenvalue weighted by Gasteiger charge is -2.13. The number of nitrogens with one attached hydrogen (secondary N) is 2. The molecule has 0 saturated heterocycles. The van der Waals surface area contributed by atoms with Crippen molar-refractivity contribution >= 4 is 23.7 Å². The predicted octanol–water partition coefficient (Wildman–Crippen LogP) is 2.91. The maximum atomic E-state index is 13.4. The smallest absolute Gasteiger partial charge is 0.328 e. The summed E-state index contributed by atoms with van der Waals surface area (Å²) in [7, 11) is 6.07. The number of hydrogen-bond acceptors (Lipinski definition) is 7. The molecule has 0 spiro atoms. The van der Waals surface area contributed by atoms with Gasteiger partial charge in [0.05, 0.1) is 40.3 Å². The molecule has 1 aromatic heterocycles. The molecule has 190 valence electrons. The molecule has 1 amide bonds. The van der Waals surface area contributed by atoms with Gasteiger partial charge in [-0.15, -0.1) is 0 Å². The van der Waals surface area contributed by atoms with Crippen LogP contribution in [-0.4, -0.2) is 43.9 Å². The fraction of sp³-hybridized carbons (Fsp3) is 0.240. The summed E-state index contributed by atoms with van der Waals surface area (Å²) in [6.07, 6.45) is 4.30. The number of rotatable bonds is 10. The fourth-order valence-corrected chi connectivity index (χ4v) is 3.40. The Labute approximate surface area is 205 Å². The van der Waals surface area contributed by atoms with Crippen molar-refractivity contribution in [3.05, 3.63) is 74.3 Å². The standard InChI is InChI=1S/C25H26FN3O7/c1-33-19-8-7-15(5-6-16-12-20(34-2)23(36-4)21(13-16)35-3)11-18(19)27-22(30)9-10-29-14-17(26)24(31)28-25(29)32/h5-8,11-14H,9-10H2,1-4H3,(H,27,30)(H,28,31,32). The highest BCUT2D eigenvalue weighted by molar-refractivity contribution is 5.93. The van der Waals surface area contributed by atoms with E-state index < -0.39 is 23.0 Å². The van der Waals surface area contributed by atoms with Crippen molar-refractivity contribution in [2.24, 2.45) is 0 Å². The van der Waals surface area contributed by atoms with Crippen molar-refractivity contribution in [2.75, 3.05) is 33.8 Å². The molecule has 0 aliphatic rings. The largest absolute Gasteiger partial charge is 0.495 e. The lowest BCUT2D eigenvalue weighted by molar-refractivity contribution is -0.116. The number of nitrogens with zero attached hydrogens (tertiary/aromatic N) is 1. The maximum Gasteiger partial charge on any atom is 0.328 e. The first-order valence-electron chi connectivity index (χ1n) is 10.7. The van der Waals surface area contributed by atoms with Gasteiger partial charge < -0.3 is 24.3 Å². The minimum atomic E-state index is -1.11. The van der Waals surface area contributed by atoms with Gasteiger partial charge in [-0.05, 0) is 35.4 Å². The number of ether oxygens (including phenoxy) is 4. The van der Waals surface area contributed by atoms with Crippen molar-refractivity contribution in [1.29, 1.82) is 0 Å². The van der Waals surface area contributed by atoms with Crippen LogP contribution in [0.2, 0.25) is 0 Å². The summed E-state index contributed by atoms with van der Waals surface area (Å²) in [4.78, 5) is 37.3. The molecule has 36 heavy (non-hydrogen) atoms. The SMILES string of the molecule is COc1ccc(C=Cc2cc(OC)c(OC)c(OC)c2)cc1NC(=O)CCn1cc(F)c(=O)[nH]c1=O. The van der Waals surface area contributed by atoms with E-state index in [0.717, 1.165) is 21.9 Å². The number of aromatic amines is 1. The van der Waals surface area contributed by atoms with Crippen LogP contribution >= 0.6 is 0 Å². The number of amides is 1. The molecule has 1 heterocycles. The van der Waals surface area contributed by atoms with Crippen LogP contribution in [0, 0.1) is 5.82 Å². The normalized spacial score (nSPS) is 10.8. The summed E-state index contributed by atoms with van der Waals surface area (Å²) in [5, 5.41) is 2.73. The molecule has 3 aromatic rings. The third-order valence-electron chi connectivity index (χ3n) is 5.20. The van der Waals surface area contributed by atoms with Crippen molar-refractivity contribution in [1.82, 2.24) is 9.55 Å². The number of H-pyrrole nitrogens is 1. The third kappa shape index (κ3) is 6.12. The minimum absolute atomic E-state index is 0.124. The summed E-state index contributed by atoms with van der Waals surface area (Å²) in [5.74, 6) is 0.404. The van der Waals surface area contributed by atoms with E-state index in [1.165, 1.54) is 28.4 Å². The zero-order chi connectivity index (χ0) is 26.2. The van der Waals surface area contributed by atoms with Gasteiger partial charge in [0.1, 0.15) is 5.75 Å². The summed E-state index contributed by atoms with van der Waals surface area (Å²) >= 11 is 0. The van der Waals surface area contributed by atoms with Gasteiger partial charge in [-0.25, -0.2) is 4.79 Å². The molecule has 0 saturated carbocycles. The quantitative estimate of drug-likeness (QED) is 0.412. The van der Waals surface area contributed by atoms with E-state index in [1.807, 2.05) is 23.2 Å². The first-order valence-corrected chi connectivity index (χ1v) is 10.7. The molecular formula is C25H26FN3O7. The van der Waals surface area contributed by atoms with Crippen molar-refractivity contribution < 1.29 is 28.1 Å². The molecule has 10 nitrogen and oxygen atoms in total. The Hall–Kier alpha value is -4.54. The Kier molecular flexibility index (Phi) is 8.50. The van der Waals surface area contributed by atoms with Gasteiger partial charge in [-0.2, -0.15) is 4.39 Å². The van der Waals surface area contributed by atoms with Crippen LogP contribution in [0.5, 0.6) is 23.0 Å². The molecule has 0 aliphatic heterocycles. The zero-order valence-corrected chi connectivity index (χ0v) is 20.2. The van der Waals surface area contributed by atoms with Gasteiger partial charge in [-0.1, -0.05) is 18.2 Å². The van der Waals surface area contributed by atoms with E-state index in [4.69, 9.17) is 18.9 Å². The Morgan fingerprint density at radius 2 is 1.58 bits per heavy atom. The number of anilines is 1. The Bertz CT molecular complexity index is 1370. The monoisotopic (exact) mass is 499 g/mol. The fourth-order valence-electron chi connectivity index (χ4n) is 3.40. The molecule has 0 radical (unpaired) electrons. The second kappa shape index (κ2) is 11.7. The van der Waals surface area contributed by atoms with E-state index in [-0.39, 0.29) is 13.0 Å². The van der Waals surface area contributed by atoms with Crippen molar-refractivity contribution in [2.45, 2.75) is 13.0 Å². The number of aromatic nitrogens is 2. The van der Waals surface area contributed by atoms with Gasteiger partial charge in [0.15, 0.2) is 11.5 Å². The molecule has 0 fully saturated rings. The van der Waals surface area contributed by atoms with Gasteiger partial charge in [-0.3, -0.25) is 19.1 Å². The van der Waals surface area contributed by atoms with Gasteiger partial charge in [0, 0.05) is 13.0 Å². The molecule has 11 heteroatoms. The minimum Gasteiger partial charge on any atom is -0.495 e. The van der Waals surface area contributed by atoms with Crippen LogP contribution in [0.15, 0.2) is 46.1 Å². The van der Waals surface area contributed by atoms with Crippen LogP contribution in [0.25, 0.3) is 12.2 Å². The molecule has 0 unspecified atom stereocenters. The Morgan fingerprint density at radius 1 is 0.944 bits per heavy atom. The van der Waals surface area contributed by atoms with E-state index >= 15 is 0 Å². The molecule has 0 atom stereocenters. The Morgan fingerprint density at radius 3 is 2.19 bits per heavy atom. The van der Waals surface area contributed by atoms with Crippen LogP contribution < -0.4 is 35.5 Å². The second-order valence-electron chi connectivity index (χ2n) is 7.48. The molecular weight excluding hydrogens is 473 g/mol. The summed E-state index contributed by atoms with van der Waals surface area (Å²) in [5.41, 5.74) is 0.0605. The summed E-state index contributed by atoms with van der Waals surface area (Å²) < 4.78 is 35.8. The first-order chi connectivity index (χ1) is 17.3. The summed E-state index contributed by atoms with van der Waals surface area (Å²) in [6, 6.07) is 8.83. The van der Waals surface area contributed by atoms with E-state index in [1.54, 1.807) is 24.3 Å². The maximum absolute atomic E-state index is 13.4. The number of aryl methyl sites for hydroxylation is 1. The van der Waals surface area contributed by atoms with Gasteiger partial charge in [0.2, 0.25) is 17.5 Å². The average molecular weight is 499 g/mol. The molecule has 3 rings (SSSR count). The number of halogens is 1. The number of hydrogen-bond donors (Lipinski definition) is 2. The second-order valence-corrected chi connectivity index (χ2v) is 7.48. The topological polar surface area (TPSA) is 121 Å². The van der Waals surface area contributed by atoms with E-state index in [0.29, 0.717) is 28.7 Å². The molecule has 2 aromatic carbocycles. The van der Waals surface area contributed by atoms with Crippen molar-refractivity contribution in [3.63, 3.8) is 0 Å². The zero-order valence-electron chi connectivity index (χ0n) is 20.2.